The van der Waals surface area contributed by atoms with Gasteiger partial charge in [0.25, 0.3) is 0 Å². The van der Waals surface area contributed by atoms with Crippen LogP contribution in [0.4, 0.5) is 0 Å². The average Bonchev–Trinajstić information content (AvgIpc) is 3.13. The van der Waals surface area contributed by atoms with Crippen LogP contribution in [-0.4, -0.2) is 47.4 Å². The van der Waals surface area contributed by atoms with Crippen molar-refractivity contribution in [3.8, 4) is 0 Å². The van der Waals surface area contributed by atoms with Crippen LogP contribution >= 0.6 is 0 Å². The molecule has 2 N–H and O–H groups in total. The molecule has 114 valence electrons. The topological polar surface area (TPSA) is 77.4 Å². The second-order valence-electron chi connectivity index (χ2n) is 5.31. The van der Waals surface area contributed by atoms with Crippen LogP contribution in [0, 0.1) is 0 Å². The minimum atomic E-state index is -0.185. The first-order valence-corrected chi connectivity index (χ1v) is 7.65. The molecular weight excluding hydrogens is 256 g/mol. The van der Waals surface area contributed by atoms with E-state index in [4.69, 9.17) is 15.0 Å². The van der Waals surface area contributed by atoms with Crippen LogP contribution in [0.3, 0.4) is 0 Å². The van der Waals surface area contributed by atoms with Crippen molar-refractivity contribution in [3.05, 3.63) is 11.7 Å². The summed E-state index contributed by atoms with van der Waals surface area (Å²) in [6.45, 7) is 7.85. The van der Waals surface area contributed by atoms with Crippen molar-refractivity contribution >= 4 is 0 Å². The lowest BCUT2D eigenvalue weighted by atomic mass is 10.1. The first-order valence-electron chi connectivity index (χ1n) is 7.65. The Bertz CT molecular complexity index is 386. The van der Waals surface area contributed by atoms with Crippen molar-refractivity contribution in [2.75, 3.05) is 26.2 Å². The Labute approximate surface area is 120 Å². The fourth-order valence-electron chi connectivity index (χ4n) is 2.52. The third-order valence-corrected chi connectivity index (χ3v) is 3.87. The zero-order valence-electron chi connectivity index (χ0n) is 12.5. The molecule has 2 atom stereocenters. The molecule has 2 unspecified atom stereocenters. The minimum Gasteiger partial charge on any atom is -0.378 e. The molecule has 1 aliphatic rings. The van der Waals surface area contributed by atoms with Gasteiger partial charge in [-0.15, -0.1) is 0 Å². The summed E-state index contributed by atoms with van der Waals surface area (Å²) in [5.41, 5.74) is 6.13. The number of nitrogens with two attached hydrogens (primary N) is 1. The summed E-state index contributed by atoms with van der Waals surface area (Å²) in [6.07, 6.45) is 4.38. The van der Waals surface area contributed by atoms with Crippen LogP contribution in [0.5, 0.6) is 0 Å². The third kappa shape index (κ3) is 4.26. The predicted molar refractivity (Wildman–Crippen MR) is 76.3 cm³/mol. The van der Waals surface area contributed by atoms with Gasteiger partial charge in [0.05, 0.1) is 12.1 Å². The number of rotatable bonds is 8. The average molecular weight is 282 g/mol. The predicted octanol–water partition coefficient (Wildman–Crippen LogP) is 1.52. The van der Waals surface area contributed by atoms with Crippen molar-refractivity contribution in [1.29, 1.82) is 0 Å². The Morgan fingerprint density at radius 1 is 1.40 bits per heavy atom. The van der Waals surface area contributed by atoms with Crippen molar-refractivity contribution < 1.29 is 9.26 Å². The molecule has 0 aromatic carbocycles. The minimum absolute atomic E-state index is 0.185. The highest BCUT2D eigenvalue weighted by atomic mass is 16.5. The largest absolute Gasteiger partial charge is 0.378 e. The molecule has 6 nitrogen and oxygen atoms in total. The highest BCUT2D eigenvalue weighted by molar-refractivity contribution is 4.94. The molecule has 1 fully saturated rings. The molecule has 0 saturated carbocycles. The molecule has 1 aromatic heterocycles. The van der Waals surface area contributed by atoms with E-state index >= 15 is 0 Å². The molecule has 2 heterocycles. The van der Waals surface area contributed by atoms with E-state index < -0.39 is 0 Å². The summed E-state index contributed by atoms with van der Waals surface area (Å²) in [5, 5.41) is 4.00. The molecule has 20 heavy (non-hydrogen) atoms. The second kappa shape index (κ2) is 7.71. The van der Waals surface area contributed by atoms with Crippen LogP contribution in [0.2, 0.25) is 0 Å². The van der Waals surface area contributed by atoms with Gasteiger partial charge in [0.1, 0.15) is 0 Å². The van der Waals surface area contributed by atoms with E-state index in [2.05, 4.69) is 28.9 Å². The van der Waals surface area contributed by atoms with Crippen molar-refractivity contribution in [3.63, 3.8) is 0 Å². The molecule has 1 aromatic rings. The Morgan fingerprint density at radius 3 is 2.85 bits per heavy atom. The van der Waals surface area contributed by atoms with Crippen LogP contribution in [0.1, 0.15) is 50.9 Å². The van der Waals surface area contributed by atoms with Crippen LogP contribution in [0.25, 0.3) is 0 Å². The van der Waals surface area contributed by atoms with Crippen LogP contribution in [0.15, 0.2) is 4.52 Å². The zero-order valence-corrected chi connectivity index (χ0v) is 12.5. The maximum absolute atomic E-state index is 6.13. The summed E-state index contributed by atoms with van der Waals surface area (Å²) in [5.74, 6) is 1.28. The Hall–Kier alpha value is -0.980. The lowest BCUT2D eigenvalue weighted by Gasteiger charge is -2.20. The highest BCUT2D eigenvalue weighted by Gasteiger charge is 2.19. The molecule has 1 aliphatic heterocycles. The Morgan fingerprint density at radius 2 is 2.20 bits per heavy atom. The summed E-state index contributed by atoms with van der Waals surface area (Å²) in [7, 11) is 0. The smallest absolute Gasteiger partial charge is 0.226 e. The van der Waals surface area contributed by atoms with Crippen molar-refractivity contribution in [2.24, 2.45) is 5.73 Å². The van der Waals surface area contributed by atoms with E-state index in [1.807, 2.05) is 0 Å². The van der Waals surface area contributed by atoms with Gasteiger partial charge < -0.3 is 19.9 Å². The molecule has 2 rings (SSSR count). The molecule has 1 saturated heterocycles. The van der Waals surface area contributed by atoms with Gasteiger partial charge in [-0.05, 0) is 32.4 Å². The quantitative estimate of drug-likeness (QED) is 0.779. The van der Waals surface area contributed by atoms with Gasteiger partial charge in [0, 0.05) is 19.6 Å². The number of hydrogen-bond acceptors (Lipinski definition) is 6. The molecule has 0 bridgehead atoms. The number of hydrogen-bond donors (Lipinski definition) is 1. The maximum atomic E-state index is 6.13. The standard InChI is InChI=1S/C14H26N4O2/c1-3-18(4-2)10-12(15)14-16-13(20-17-14)8-7-11-6-5-9-19-11/h11-12H,3-10,15H2,1-2H3. The summed E-state index contributed by atoms with van der Waals surface area (Å²) < 4.78 is 10.9. The van der Waals surface area contributed by atoms with Gasteiger partial charge in [-0.1, -0.05) is 19.0 Å². The van der Waals surface area contributed by atoms with Gasteiger partial charge >= 0.3 is 0 Å². The molecular formula is C14H26N4O2. The van der Waals surface area contributed by atoms with Crippen molar-refractivity contribution in [1.82, 2.24) is 15.0 Å². The van der Waals surface area contributed by atoms with Crippen LogP contribution < -0.4 is 5.73 Å². The van der Waals surface area contributed by atoms with E-state index in [1.165, 1.54) is 0 Å². The van der Waals surface area contributed by atoms with Crippen LogP contribution in [-0.2, 0) is 11.2 Å². The van der Waals surface area contributed by atoms with Gasteiger partial charge in [-0.3, -0.25) is 0 Å². The summed E-state index contributed by atoms with van der Waals surface area (Å²) in [6, 6.07) is -0.185. The summed E-state index contributed by atoms with van der Waals surface area (Å²) in [4.78, 5) is 6.66. The lowest BCUT2D eigenvalue weighted by molar-refractivity contribution is 0.102. The first-order chi connectivity index (χ1) is 9.72. The van der Waals surface area contributed by atoms with E-state index in [9.17, 15) is 0 Å². The lowest BCUT2D eigenvalue weighted by Crippen LogP contribution is -2.32. The monoisotopic (exact) mass is 282 g/mol. The van der Waals surface area contributed by atoms with E-state index in [1.54, 1.807) is 0 Å². The molecule has 0 spiro atoms. The third-order valence-electron chi connectivity index (χ3n) is 3.87. The van der Waals surface area contributed by atoms with Crippen molar-refractivity contribution in [2.45, 2.75) is 51.7 Å². The van der Waals surface area contributed by atoms with Gasteiger partial charge in [0.2, 0.25) is 5.89 Å². The fraction of sp³-hybridized carbons (Fsp3) is 0.857. The molecule has 6 heteroatoms. The molecule has 0 amide bonds. The first kappa shape index (κ1) is 15.4. The molecule has 0 aliphatic carbocycles. The number of ether oxygens (including phenoxy) is 1. The second-order valence-corrected chi connectivity index (χ2v) is 5.31. The normalized spacial score (nSPS) is 20.7. The summed E-state index contributed by atoms with van der Waals surface area (Å²) >= 11 is 0. The maximum Gasteiger partial charge on any atom is 0.226 e. The number of likely N-dealkylation sites (N-methyl/N-ethyl adjacent to an activating group) is 1. The van der Waals surface area contributed by atoms with E-state index in [0.29, 0.717) is 17.8 Å². The molecule has 0 radical (unpaired) electrons. The van der Waals surface area contributed by atoms with E-state index in [-0.39, 0.29) is 6.04 Å². The fourth-order valence-corrected chi connectivity index (χ4v) is 2.52. The highest BCUT2D eigenvalue weighted by Crippen LogP contribution is 2.17. The Balaban J connectivity index is 1.81. The number of aryl methyl sites for hydroxylation is 1. The number of aromatic nitrogens is 2. The van der Waals surface area contributed by atoms with Gasteiger partial charge in [-0.25, -0.2) is 0 Å². The zero-order chi connectivity index (χ0) is 14.4. The number of nitrogens with zero attached hydrogens (tertiary/aromatic N) is 3. The Kier molecular flexibility index (Phi) is 5.94. The van der Waals surface area contributed by atoms with Gasteiger partial charge in [-0.2, -0.15) is 4.98 Å². The van der Waals surface area contributed by atoms with E-state index in [0.717, 1.165) is 51.9 Å². The van der Waals surface area contributed by atoms with Gasteiger partial charge in [0.15, 0.2) is 5.82 Å². The SMILES string of the molecule is CCN(CC)CC(N)c1noc(CCC2CCCO2)n1.